The van der Waals surface area contributed by atoms with Gasteiger partial charge in [-0.25, -0.2) is 5.01 Å². The van der Waals surface area contributed by atoms with E-state index in [9.17, 15) is 5.11 Å². The Morgan fingerprint density at radius 3 is 2.36 bits per heavy atom. The Labute approximate surface area is 86.5 Å². The molecule has 1 aliphatic heterocycles. The Morgan fingerprint density at radius 1 is 1.21 bits per heavy atom. The van der Waals surface area contributed by atoms with Gasteiger partial charge in [-0.05, 0) is 19.3 Å². The van der Waals surface area contributed by atoms with Crippen LogP contribution in [0.3, 0.4) is 0 Å². The van der Waals surface area contributed by atoms with E-state index in [0.29, 0.717) is 6.04 Å². The zero-order valence-corrected chi connectivity index (χ0v) is 9.29. The van der Waals surface area contributed by atoms with Gasteiger partial charge >= 0.3 is 0 Å². The summed E-state index contributed by atoms with van der Waals surface area (Å²) in [6.45, 7) is 6.62. The van der Waals surface area contributed by atoms with Gasteiger partial charge in [0.1, 0.15) is 0 Å². The maximum absolute atomic E-state index is 9.62. The molecule has 1 heterocycles. The van der Waals surface area contributed by atoms with Crippen molar-refractivity contribution < 1.29 is 5.11 Å². The molecule has 1 aliphatic carbocycles. The minimum absolute atomic E-state index is 0.0530. The Bertz CT molecular complexity index is 199. The van der Waals surface area contributed by atoms with Crippen molar-refractivity contribution >= 4 is 0 Å². The van der Waals surface area contributed by atoms with Crippen LogP contribution in [0.1, 0.15) is 39.5 Å². The zero-order chi connectivity index (χ0) is 10.2. The van der Waals surface area contributed by atoms with Crippen molar-refractivity contribution in [1.82, 2.24) is 10.4 Å². The summed E-state index contributed by atoms with van der Waals surface area (Å²) in [6.07, 6.45) is 4.77. The van der Waals surface area contributed by atoms with Crippen LogP contribution in [0.4, 0.5) is 0 Å². The first kappa shape index (κ1) is 10.4. The van der Waals surface area contributed by atoms with Crippen LogP contribution < -0.4 is 5.43 Å². The summed E-state index contributed by atoms with van der Waals surface area (Å²) in [6, 6.07) is 0.468. The molecule has 2 unspecified atom stereocenters. The molecule has 0 amide bonds. The highest BCUT2D eigenvalue weighted by Crippen LogP contribution is 2.40. The SMILES string of the molecule is CC1(C)C(O)CC1NN1CCCCC1. The third-order valence-corrected chi connectivity index (χ3v) is 3.91. The van der Waals surface area contributed by atoms with E-state index in [-0.39, 0.29) is 11.5 Å². The normalized spacial score (nSPS) is 37.9. The van der Waals surface area contributed by atoms with Crippen molar-refractivity contribution in [1.29, 1.82) is 0 Å². The molecule has 14 heavy (non-hydrogen) atoms. The Hall–Kier alpha value is -0.120. The second kappa shape index (κ2) is 3.80. The van der Waals surface area contributed by atoms with Crippen LogP contribution in [0, 0.1) is 5.41 Å². The largest absolute Gasteiger partial charge is 0.392 e. The molecule has 0 aromatic rings. The number of piperidine rings is 1. The summed E-state index contributed by atoms with van der Waals surface area (Å²) in [7, 11) is 0. The van der Waals surface area contributed by atoms with Crippen molar-refractivity contribution in [2.75, 3.05) is 13.1 Å². The average molecular weight is 198 g/mol. The maximum Gasteiger partial charge on any atom is 0.0622 e. The number of hydrogen-bond acceptors (Lipinski definition) is 3. The average Bonchev–Trinajstić information content (AvgIpc) is 2.19. The quantitative estimate of drug-likeness (QED) is 0.698. The molecule has 2 rings (SSSR count). The molecule has 0 aromatic heterocycles. The zero-order valence-electron chi connectivity index (χ0n) is 9.29. The van der Waals surface area contributed by atoms with Gasteiger partial charge in [0.05, 0.1) is 6.10 Å². The molecule has 3 nitrogen and oxygen atoms in total. The lowest BCUT2D eigenvalue weighted by Crippen LogP contribution is -2.64. The Morgan fingerprint density at radius 2 is 1.86 bits per heavy atom. The highest BCUT2D eigenvalue weighted by Gasteiger charge is 2.47. The van der Waals surface area contributed by atoms with Gasteiger partial charge in [0.25, 0.3) is 0 Å². The molecular weight excluding hydrogens is 176 g/mol. The van der Waals surface area contributed by atoms with Gasteiger partial charge in [0.15, 0.2) is 0 Å². The van der Waals surface area contributed by atoms with E-state index in [0.717, 1.165) is 6.42 Å². The number of rotatable bonds is 2. The molecule has 82 valence electrons. The number of aliphatic hydroxyl groups is 1. The van der Waals surface area contributed by atoms with E-state index in [1.807, 2.05) is 0 Å². The lowest BCUT2D eigenvalue weighted by Gasteiger charge is -2.51. The van der Waals surface area contributed by atoms with Crippen molar-refractivity contribution in [2.45, 2.75) is 51.7 Å². The molecule has 1 saturated heterocycles. The molecule has 2 atom stereocenters. The van der Waals surface area contributed by atoms with Crippen LogP contribution in [0.15, 0.2) is 0 Å². The summed E-state index contributed by atoms with van der Waals surface area (Å²) in [5.74, 6) is 0. The summed E-state index contributed by atoms with van der Waals surface area (Å²) in [5, 5.41) is 12.0. The summed E-state index contributed by atoms with van der Waals surface area (Å²) in [5.41, 5.74) is 3.60. The molecule has 2 fully saturated rings. The van der Waals surface area contributed by atoms with Crippen molar-refractivity contribution in [3.8, 4) is 0 Å². The minimum atomic E-state index is -0.121. The van der Waals surface area contributed by atoms with Gasteiger partial charge in [0.2, 0.25) is 0 Å². The first-order valence-corrected chi connectivity index (χ1v) is 5.80. The number of nitrogens with zero attached hydrogens (tertiary/aromatic N) is 1. The Balaban J connectivity index is 1.80. The van der Waals surface area contributed by atoms with Gasteiger partial charge in [-0.2, -0.15) is 0 Å². The second-order valence-electron chi connectivity index (χ2n) is 5.30. The van der Waals surface area contributed by atoms with Crippen LogP contribution in [0.25, 0.3) is 0 Å². The fourth-order valence-electron chi connectivity index (χ4n) is 2.36. The summed E-state index contributed by atoms with van der Waals surface area (Å²) < 4.78 is 0. The molecule has 2 N–H and O–H groups in total. The summed E-state index contributed by atoms with van der Waals surface area (Å²) in [4.78, 5) is 0. The van der Waals surface area contributed by atoms with Crippen LogP contribution in [0.2, 0.25) is 0 Å². The highest BCUT2D eigenvalue weighted by atomic mass is 16.3. The number of hydrogen-bond donors (Lipinski definition) is 2. The smallest absolute Gasteiger partial charge is 0.0622 e. The molecule has 0 aromatic carbocycles. The van der Waals surface area contributed by atoms with E-state index in [1.165, 1.54) is 32.4 Å². The number of aliphatic hydroxyl groups excluding tert-OH is 1. The second-order valence-corrected chi connectivity index (χ2v) is 5.30. The van der Waals surface area contributed by atoms with Crippen LogP contribution in [-0.4, -0.2) is 35.4 Å². The van der Waals surface area contributed by atoms with Gasteiger partial charge in [-0.1, -0.05) is 20.3 Å². The van der Waals surface area contributed by atoms with E-state index in [2.05, 4.69) is 24.3 Å². The molecular formula is C11H22N2O. The number of hydrazine groups is 1. The standard InChI is InChI=1S/C11H22N2O/c1-11(2)9(8-10(11)14)12-13-6-4-3-5-7-13/h9-10,12,14H,3-8H2,1-2H3. The third kappa shape index (κ3) is 1.81. The Kier molecular flexibility index (Phi) is 2.82. The van der Waals surface area contributed by atoms with E-state index in [4.69, 9.17) is 0 Å². The number of nitrogens with one attached hydrogen (secondary N) is 1. The lowest BCUT2D eigenvalue weighted by molar-refractivity contribution is -0.0986. The molecule has 1 saturated carbocycles. The topological polar surface area (TPSA) is 35.5 Å². The van der Waals surface area contributed by atoms with Crippen LogP contribution >= 0.6 is 0 Å². The van der Waals surface area contributed by atoms with E-state index >= 15 is 0 Å². The predicted molar refractivity (Wildman–Crippen MR) is 56.8 cm³/mol. The van der Waals surface area contributed by atoms with Crippen LogP contribution in [-0.2, 0) is 0 Å². The van der Waals surface area contributed by atoms with E-state index < -0.39 is 0 Å². The molecule has 2 aliphatic rings. The van der Waals surface area contributed by atoms with Crippen LogP contribution in [0.5, 0.6) is 0 Å². The van der Waals surface area contributed by atoms with Crippen molar-refractivity contribution in [3.05, 3.63) is 0 Å². The molecule has 0 radical (unpaired) electrons. The van der Waals surface area contributed by atoms with Gasteiger partial charge in [-0.15, -0.1) is 0 Å². The van der Waals surface area contributed by atoms with Gasteiger partial charge < -0.3 is 5.11 Å². The third-order valence-electron chi connectivity index (χ3n) is 3.91. The lowest BCUT2D eigenvalue weighted by atomic mass is 9.65. The first-order valence-electron chi connectivity index (χ1n) is 5.80. The highest BCUT2D eigenvalue weighted by molar-refractivity contribution is 5.01. The van der Waals surface area contributed by atoms with Crippen molar-refractivity contribution in [2.24, 2.45) is 5.41 Å². The molecule has 0 spiro atoms. The predicted octanol–water partition coefficient (Wildman–Crippen LogP) is 1.14. The maximum atomic E-state index is 9.62. The molecule has 3 heteroatoms. The van der Waals surface area contributed by atoms with Gasteiger partial charge in [0, 0.05) is 24.5 Å². The van der Waals surface area contributed by atoms with Gasteiger partial charge in [-0.3, -0.25) is 5.43 Å². The van der Waals surface area contributed by atoms with E-state index in [1.54, 1.807) is 0 Å². The van der Waals surface area contributed by atoms with Crippen molar-refractivity contribution in [3.63, 3.8) is 0 Å². The minimum Gasteiger partial charge on any atom is -0.392 e. The fraction of sp³-hybridized carbons (Fsp3) is 1.00. The molecule has 0 bridgehead atoms. The first-order chi connectivity index (χ1) is 6.60. The summed E-state index contributed by atoms with van der Waals surface area (Å²) >= 11 is 0. The monoisotopic (exact) mass is 198 g/mol. The fourth-order valence-corrected chi connectivity index (χ4v) is 2.36.